The van der Waals surface area contributed by atoms with Crippen molar-refractivity contribution in [3.05, 3.63) is 41.2 Å². The van der Waals surface area contributed by atoms with Crippen molar-refractivity contribution in [2.45, 2.75) is 19.9 Å². The first-order chi connectivity index (χ1) is 15.8. The zero-order valence-corrected chi connectivity index (χ0v) is 20.0. The molecule has 176 valence electrons. The molecule has 1 aromatic carbocycles. The summed E-state index contributed by atoms with van der Waals surface area (Å²) in [6, 6.07) is 5.92. The van der Waals surface area contributed by atoms with Crippen molar-refractivity contribution >= 4 is 52.1 Å². The monoisotopic (exact) mass is 472 g/mol. The van der Waals surface area contributed by atoms with Gasteiger partial charge in [-0.3, -0.25) is 19.3 Å². The van der Waals surface area contributed by atoms with Gasteiger partial charge < -0.3 is 24.3 Å². The van der Waals surface area contributed by atoms with E-state index in [0.29, 0.717) is 13.2 Å². The third-order valence-electron chi connectivity index (χ3n) is 5.48. The Morgan fingerprint density at radius 2 is 1.97 bits per heavy atom. The highest BCUT2D eigenvalue weighted by molar-refractivity contribution is 7.80. The molecule has 0 spiro atoms. The Hall–Kier alpha value is -3.24. The minimum atomic E-state index is -0.505. The minimum absolute atomic E-state index is 0.124. The maximum atomic E-state index is 12.9. The summed E-state index contributed by atoms with van der Waals surface area (Å²) >= 11 is 5.36. The number of rotatable bonds is 9. The van der Waals surface area contributed by atoms with Crippen molar-refractivity contribution in [2.24, 2.45) is 0 Å². The number of carbonyl (C=O) groups is 3. The number of methoxy groups -OCH3 is 2. The number of fused-ring (bicyclic) bond motifs is 1. The lowest BCUT2D eigenvalue weighted by atomic mass is 10.1. The lowest BCUT2D eigenvalue weighted by Crippen LogP contribution is -2.33. The summed E-state index contributed by atoms with van der Waals surface area (Å²) in [5.41, 5.74) is 3.04. The maximum absolute atomic E-state index is 12.9. The lowest BCUT2D eigenvalue weighted by Gasteiger charge is -2.16. The van der Waals surface area contributed by atoms with Crippen molar-refractivity contribution in [3.63, 3.8) is 0 Å². The molecule has 1 aliphatic heterocycles. The zero-order valence-electron chi connectivity index (χ0n) is 19.2. The van der Waals surface area contributed by atoms with Crippen LogP contribution in [0.15, 0.2) is 30.1 Å². The zero-order chi connectivity index (χ0) is 24.1. The predicted octanol–water partition coefficient (Wildman–Crippen LogP) is 1.54. The van der Waals surface area contributed by atoms with Crippen LogP contribution in [0.4, 0.5) is 0 Å². The van der Waals surface area contributed by atoms with Crippen molar-refractivity contribution in [1.82, 2.24) is 19.7 Å². The summed E-state index contributed by atoms with van der Waals surface area (Å²) in [5.74, 6) is -0.956. The van der Waals surface area contributed by atoms with E-state index in [4.69, 9.17) is 21.7 Å². The predicted molar refractivity (Wildman–Crippen MR) is 128 cm³/mol. The number of likely N-dealkylation sites (N-methyl/N-ethyl adjacent to an activating group) is 1. The molecule has 1 aromatic heterocycles. The standard InChI is InChI=1S/C23H28N4O5S/c1-5-15-7-6-8-17-16(12-26(21(15)17)13-19(28)24-9-10-31-3)11-18-22(30)25(2)23(33)27(18)14-20(29)32-4/h6-8,11-12H,5,9-10,13-14H2,1-4H3,(H,24,28)/b18-11-. The number of nitrogens with one attached hydrogen (secondary N) is 1. The number of ether oxygens (including phenoxy) is 2. The maximum Gasteiger partial charge on any atom is 0.325 e. The van der Waals surface area contributed by atoms with E-state index in [1.165, 1.54) is 16.9 Å². The molecular weight excluding hydrogens is 444 g/mol. The number of para-hydroxylation sites is 1. The average molecular weight is 473 g/mol. The number of aryl methyl sites for hydroxylation is 1. The van der Waals surface area contributed by atoms with Crippen molar-refractivity contribution < 1.29 is 23.9 Å². The van der Waals surface area contributed by atoms with Gasteiger partial charge >= 0.3 is 5.97 Å². The Kier molecular flexibility index (Phi) is 7.83. The number of aromatic nitrogens is 1. The van der Waals surface area contributed by atoms with E-state index in [9.17, 15) is 14.4 Å². The largest absolute Gasteiger partial charge is 0.468 e. The first kappa shape index (κ1) is 24.4. The van der Waals surface area contributed by atoms with E-state index in [1.54, 1.807) is 20.2 Å². The van der Waals surface area contributed by atoms with Gasteiger partial charge in [0.2, 0.25) is 5.91 Å². The van der Waals surface area contributed by atoms with Gasteiger partial charge in [0.1, 0.15) is 18.8 Å². The molecule has 1 N–H and O–H groups in total. The molecule has 3 rings (SSSR count). The molecular formula is C23H28N4O5S. The Labute approximate surface area is 197 Å². The van der Waals surface area contributed by atoms with Gasteiger partial charge in [0.05, 0.1) is 19.2 Å². The Bertz CT molecular complexity index is 1120. The van der Waals surface area contributed by atoms with E-state index in [0.717, 1.165) is 28.5 Å². The van der Waals surface area contributed by atoms with E-state index in [2.05, 4.69) is 12.2 Å². The van der Waals surface area contributed by atoms with Crippen LogP contribution in [-0.2, 0) is 36.8 Å². The van der Waals surface area contributed by atoms with Gasteiger partial charge in [0.25, 0.3) is 5.91 Å². The van der Waals surface area contributed by atoms with Gasteiger partial charge in [0, 0.05) is 37.8 Å². The van der Waals surface area contributed by atoms with Gasteiger partial charge in [-0.25, -0.2) is 0 Å². The van der Waals surface area contributed by atoms with Crippen LogP contribution in [0.25, 0.3) is 17.0 Å². The smallest absolute Gasteiger partial charge is 0.325 e. The molecule has 2 amide bonds. The summed E-state index contributed by atoms with van der Waals surface area (Å²) in [5, 5.41) is 3.96. The number of carbonyl (C=O) groups excluding carboxylic acids is 3. The van der Waals surface area contributed by atoms with Gasteiger partial charge in [-0.2, -0.15) is 0 Å². The van der Waals surface area contributed by atoms with Crippen LogP contribution in [0.1, 0.15) is 18.1 Å². The summed E-state index contributed by atoms with van der Waals surface area (Å²) in [6.07, 6.45) is 4.34. The summed E-state index contributed by atoms with van der Waals surface area (Å²) < 4.78 is 11.6. The average Bonchev–Trinajstić information content (AvgIpc) is 3.25. The molecule has 1 saturated heterocycles. The normalized spacial score (nSPS) is 15.1. The number of nitrogens with zero attached hydrogens (tertiary/aromatic N) is 3. The molecule has 0 saturated carbocycles. The number of benzene rings is 1. The molecule has 0 unspecified atom stereocenters. The van der Waals surface area contributed by atoms with Crippen LogP contribution >= 0.6 is 12.2 Å². The molecule has 33 heavy (non-hydrogen) atoms. The van der Waals surface area contributed by atoms with E-state index < -0.39 is 5.97 Å². The first-order valence-corrected chi connectivity index (χ1v) is 11.0. The Morgan fingerprint density at radius 3 is 2.64 bits per heavy atom. The number of esters is 1. The molecule has 1 aliphatic rings. The van der Waals surface area contributed by atoms with E-state index >= 15 is 0 Å². The topological polar surface area (TPSA) is 93.1 Å². The Morgan fingerprint density at radius 1 is 1.21 bits per heavy atom. The molecule has 0 aliphatic carbocycles. The number of hydrogen-bond acceptors (Lipinski definition) is 6. The van der Waals surface area contributed by atoms with Crippen LogP contribution in [0, 0.1) is 0 Å². The van der Waals surface area contributed by atoms with Crippen LogP contribution in [0.2, 0.25) is 0 Å². The van der Waals surface area contributed by atoms with Gasteiger partial charge in [0.15, 0.2) is 5.11 Å². The third kappa shape index (κ3) is 5.07. The van der Waals surface area contributed by atoms with Gasteiger partial charge in [-0.1, -0.05) is 25.1 Å². The lowest BCUT2D eigenvalue weighted by molar-refractivity contribution is -0.140. The highest BCUT2D eigenvalue weighted by Gasteiger charge is 2.37. The highest BCUT2D eigenvalue weighted by Crippen LogP contribution is 2.30. The van der Waals surface area contributed by atoms with E-state index in [1.807, 2.05) is 29.0 Å². The quantitative estimate of drug-likeness (QED) is 0.256. The number of hydrogen-bond donors (Lipinski definition) is 1. The minimum Gasteiger partial charge on any atom is -0.468 e. The molecule has 0 radical (unpaired) electrons. The van der Waals surface area contributed by atoms with Crippen LogP contribution in [-0.4, -0.2) is 78.2 Å². The molecule has 2 heterocycles. The van der Waals surface area contributed by atoms with E-state index in [-0.39, 0.29) is 35.7 Å². The molecule has 2 aromatic rings. The summed E-state index contributed by atoms with van der Waals surface area (Å²) in [6.45, 7) is 2.86. The number of amides is 2. The second-order valence-electron chi connectivity index (χ2n) is 7.56. The summed E-state index contributed by atoms with van der Waals surface area (Å²) in [4.78, 5) is 40.1. The number of thiocarbonyl (C=S) groups is 1. The Balaban J connectivity index is 2.06. The first-order valence-electron chi connectivity index (χ1n) is 10.6. The molecule has 0 atom stereocenters. The molecule has 10 heteroatoms. The molecule has 1 fully saturated rings. The van der Waals surface area contributed by atoms with Crippen molar-refractivity contribution in [3.8, 4) is 0 Å². The fourth-order valence-electron chi connectivity index (χ4n) is 3.79. The molecule has 9 nitrogen and oxygen atoms in total. The fourth-order valence-corrected chi connectivity index (χ4v) is 4.03. The van der Waals surface area contributed by atoms with Crippen LogP contribution < -0.4 is 5.32 Å². The second-order valence-corrected chi connectivity index (χ2v) is 7.93. The van der Waals surface area contributed by atoms with Crippen LogP contribution in [0.5, 0.6) is 0 Å². The SMILES string of the molecule is CCc1cccc2c(/C=C3/C(=O)N(C)C(=S)N3CC(=O)OC)cn(CC(=O)NCCOC)c12. The third-order valence-corrected chi connectivity index (χ3v) is 5.97. The summed E-state index contributed by atoms with van der Waals surface area (Å²) in [7, 11) is 4.43. The second kappa shape index (κ2) is 10.6. The highest BCUT2D eigenvalue weighted by atomic mass is 32.1. The fraction of sp³-hybridized carbons (Fsp3) is 0.391. The van der Waals surface area contributed by atoms with Gasteiger partial charge in [-0.05, 0) is 30.3 Å². The molecule has 0 bridgehead atoms. The van der Waals surface area contributed by atoms with Gasteiger partial charge in [-0.15, -0.1) is 0 Å². The van der Waals surface area contributed by atoms with Crippen LogP contribution in [0.3, 0.4) is 0 Å². The van der Waals surface area contributed by atoms with Crippen molar-refractivity contribution in [1.29, 1.82) is 0 Å². The van der Waals surface area contributed by atoms with Crippen molar-refractivity contribution in [2.75, 3.05) is 41.0 Å².